The maximum atomic E-state index is 13.4. The van der Waals surface area contributed by atoms with Gasteiger partial charge in [0.25, 0.3) is 0 Å². The number of aromatic nitrogens is 1. The lowest BCUT2D eigenvalue weighted by Crippen LogP contribution is -2.51. The molecule has 1 saturated heterocycles. The van der Waals surface area contributed by atoms with Gasteiger partial charge < -0.3 is 19.9 Å². The number of ether oxygens (including phenoxy) is 1. The van der Waals surface area contributed by atoms with Crippen LogP contribution in [-0.2, 0) is 22.2 Å². The van der Waals surface area contributed by atoms with E-state index in [-0.39, 0.29) is 11.6 Å². The van der Waals surface area contributed by atoms with E-state index in [2.05, 4.69) is 0 Å². The molecule has 1 aliphatic rings. The van der Waals surface area contributed by atoms with E-state index in [1.807, 2.05) is 61.5 Å². The summed E-state index contributed by atoms with van der Waals surface area (Å²) in [5, 5.41) is 0. The first-order chi connectivity index (χ1) is 17.0. The third kappa shape index (κ3) is 4.91. The topological polar surface area (TPSA) is 94.6 Å². The van der Waals surface area contributed by atoms with Crippen LogP contribution >= 0.6 is 0 Å². The minimum Gasteiger partial charge on any atom is -0.438 e. The minimum absolute atomic E-state index is 0.0570. The molecule has 1 aliphatic heterocycles. The molecule has 2 N–H and O–H groups in total. The molecule has 3 aromatic rings. The molecule has 4 rings (SSSR count). The van der Waals surface area contributed by atoms with Crippen molar-refractivity contribution >= 4 is 12.0 Å². The van der Waals surface area contributed by atoms with E-state index >= 15 is 0 Å². The van der Waals surface area contributed by atoms with Crippen LogP contribution in [0.2, 0.25) is 0 Å². The molecule has 2 heterocycles. The third-order valence-electron chi connectivity index (χ3n) is 7.25. The summed E-state index contributed by atoms with van der Waals surface area (Å²) in [5.41, 5.74) is 7.61. The lowest BCUT2D eigenvalue weighted by Gasteiger charge is -2.46. The van der Waals surface area contributed by atoms with Gasteiger partial charge in [-0.2, -0.15) is 0 Å². The summed E-state index contributed by atoms with van der Waals surface area (Å²) in [6.07, 6.45) is 2.24. The summed E-state index contributed by atoms with van der Waals surface area (Å²) in [6, 6.07) is 20.7. The van der Waals surface area contributed by atoms with Gasteiger partial charge in [-0.1, -0.05) is 68.4 Å². The van der Waals surface area contributed by atoms with Gasteiger partial charge in [-0.15, -0.1) is 0 Å². The van der Waals surface area contributed by atoms with E-state index in [9.17, 15) is 14.4 Å². The first-order valence-corrected chi connectivity index (χ1v) is 12.1. The van der Waals surface area contributed by atoms with Crippen molar-refractivity contribution in [3.63, 3.8) is 0 Å². The highest BCUT2D eigenvalue weighted by molar-refractivity contribution is 5.80. The Morgan fingerprint density at radius 2 is 1.67 bits per heavy atom. The van der Waals surface area contributed by atoms with Gasteiger partial charge in [0.1, 0.15) is 5.60 Å². The zero-order chi connectivity index (χ0) is 26.1. The largest absolute Gasteiger partial charge is 0.438 e. The van der Waals surface area contributed by atoms with Crippen LogP contribution in [0.1, 0.15) is 50.8 Å². The number of pyridine rings is 1. The predicted molar refractivity (Wildman–Crippen MR) is 139 cm³/mol. The Kier molecular flexibility index (Phi) is 6.76. The average Bonchev–Trinajstić information content (AvgIpc) is 2.86. The number of cyclic esters (lactones) is 1. The number of benzene rings is 2. The number of amides is 2. The van der Waals surface area contributed by atoms with Gasteiger partial charge in [-0.25, -0.2) is 4.79 Å². The highest BCUT2D eigenvalue weighted by Gasteiger charge is 2.48. The van der Waals surface area contributed by atoms with Crippen molar-refractivity contribution in [3.8, 4) is 11.1 Å². The van der Waals surface area contributed by atoms with Crippen molar-refractivity contribution in [1.29, 1.82) is 0 Å². The molecule has 0 saturated carbocycles. The van der Waals surface area contributed by atoms with E-state index in [1.165, 1.54) is 0 Å². The second kappa shape index (κ2) is 9.64. The first kappa shape index (κ1) is 25.2. The van der Waals surface area contributed by atoms with Gasteiger partial charge in [0.05, 0.1) is 6.04 Å². The van der Waals surface area contributed by atoms with Crippen molar-refractivity contribution in [2.75, 3.05) is 6.54 Å². The molecule has 2 atom stereocenters. The quantitative estimate of drug-likeness (QED) is 0.520. The zero-order valence-electron chi connectivity index (χ0n) is 21.2. The smallest absolute Gasteiger partial charge is 0.411 e. The summed E-state index contributed by atoms with van der Waals surface area (Å²) in [4.78, 5) is 38.9. The van der Waals surface area contributed by atoms with E-state index < -0.39 is 23.0 Å². The van der Waals surface area contributed by atoms with Crippen LogP contribution in [-0.4, -0.2) is 28.0 Å². The van der Waals surface area contributed by atoms with Crippen molar-refractivity contribution in [2.45, 2.75) is 45.3 Å². The number of primary amides is 1. The van der Waals surface area contributed by atoms with Crippen molar-refractivity contribution < 1.29 is 14.3 Å². The molecule has 36 heavy (non-hydrogen) atoms. The Morgan fingerprint density at radius 3 is 2.25 bits per heavy atom. The maximum absolute atomic E-state index is 13.4. The summed E-state index contributed by atoms with van der Waals surface area (Å²) in [5.74, 6) is -0.428. The zero-order valence-corrected chi connectivity index (χ0v) is 21.2. The predicted octanol–water partition coefficient (Wildman–Crippen LogP) is 4.75. The molecule has 2 aromatic carbocycles. The van der Waals surface area contributed by atoms with Crippen LogP contribution in [0.15, 0.2) is 77.7 Å². The van der Waals surface area contributed by atoms with Crippen LogP contribution in [0.3, 0.4) is 0 Å². The first-order valence-electron chi connectivity index (χ1n) is 12.1. The van der Waals surface area contributed by atoms with E-state index in [0.717, 1.165) is 22.3 Å². The molecule has 7 heteroatoms. The highest BCUT2D eigenvalue weighted by Crippen LogP contribution is 2.44. The molecule has 0 bridgehead atoms. The molecule has 1 aromatic heterocycles. The average molecular weight is 488 g/mol. The minimum atomic E-state index is -0.930. The molecule has 2 amide bonds. The van der Waals surface area contributed by atoms with Gasteiger partial charge in [0.15, 0.2) is 0 Å². The molecule has 0 aliphatic carbocycles. The van der Waals surface area contributed by atoms with Crippen LogP contribution in [0, 0.1) is 5.41 Å². The summed E-state index contributed by atoms with van der Waals surface area (Å²) in [6.45, 7) is 6.03. The lowest BCUT2D eigenvalue weighted by atomic mass is 9.74. The number of carbonyl (C=O) groups is 2. The highest BCUT2D eigenvalue weighted by atomic mass is 16.6. The number of aryl methyl sites for hydroxylation is 1. The van der Waals surface area contributed by atoms with Crippen LogP contribution in [0.5, 0.6) is 0 Å². The van der Waals surface area contributed by atoms with Gasteiger partial charge in [0, 0.05) is 44.1 Å². The standard InChI is InChI=1S/C29H33N3O4/c1-20(21-10-12-22(13-11-21)23-14-15-25(33)31(4)18-23)32-17-16-29(36-27(32)35,19-28(2,3)26(30)34)24-8-6-5-7-9-24/h5-15,18,20H,16-17,19H2,1-4H3,(H2,30,34). The second-order valence-electron chi connectivity index (χ2n) is 10.3. The molecular weight excluding hydrogens is 454 g/mol. The Bertz CT molecular complexity index is 1310. The number of nitrogens with zero attached hydrogens (tertiary/aromatic N) is 2. The molecule has 0 radical (unpaired) electrons. The Balaban J connectivity index is 1.56. The van der Waals surface area contributed by atoms with Crippen LogP contribution in [0.25, 0.3) is 11.1 Å². The van der Waals surface area contributed by atoms with Crippen molar-refractivity contribution in [2.24, 2.45) is 18.2 Å². The normalized spacial score (nSPS) is 19.0. The number of hydrogen-bond donors (Lipinski definition) is 1. The van der Waals surface area contributed by atoms with Crippen LogP contribution in [0.4, 0.5) is 4.79 Å². The summed E-state index contributed by atoms with van der Waals surface area (Å²) in [7, 11) is 1.73. The SMILES string of the molecule is CC(c1ccc(-c2ccc(=O)n(C)c2)cc1)N1CCC(CC(C)(C)C(N)=O)(c2ccccc2)OC1=O. The fourth-order valence-corrected chi connectivity index (χ4v) is 4.89. The fourth-order valence-electron chi connectivity index (χ4n) is 4.89. The molecular formula is C29H33N3O4. The molecule has 0 spiro atoms. The van der Waals surface area contributed by atoms with E-state index in [0.29, 0.717) is 19.4 Å². The summed E-state index contributed by atoms with van der Waals surface area (Å²) >= 11 is 0. The van der Waals surface area contributed by atoms with Gasteiger partial charge >= 0.3 is 6.09 Å². The molecule has 188 valence electrons. The second-order valence-corrected chi connectivity index (χ2v) is 10.3. The number of rotatable bonds is 7. The van der Waals surface area contributed by atoms with Gasteiger partial charge in [-0.3, -0.25) is 9.59 Å². The van der Waals surface area contributed by atoms with Gasteiger partial charge in [0.2, 0.25) is 11.5 Å². The summed E-state index contributed by atoms with van der Waals surface area (Å²) < 4.78 is 7.72. The number of carbonyl (C=O) groups excluding carboxylic acids is 2. The fraction of sp³-hybridized carbons (Fsp3) is 0.345. The molecule has 7 nitrogen and oxygen atoms in total. The maximum Gasteiger partial charge on any atom is 0.411 e. The lowest BCUT2D eigenvalue weighted by molar-refractivity contribution is -0.133. The Labute approximate surface area is 211 Å². The third-order valence-corrected chi connectivity index (χ3v) is 7.25. The Hall–Kier alpha value is -3.87. The molecule has 2 unspecified atom stereocenters. The van der Waals surface area contributed by atoms with Crippen LogP contribution < -0.4 is 11.3 Å². The number of nitrogens with two attached hydrogens (primary N) is 1. The van der Waals surface area contributed by atoms with Gasteiger partial charge in [-0.05, 0) is 35.2 Å². The van der Waals surface area contributed by atoms with Crippen molar-refractivity contribution in [1.82, 2.24) is 9.47 Å². The van der Waals surface area contributed by atoms with E-state index in [4.69, 9.17) is 10.5 Å². The number of hydrogen-bond acceptors (Lipinski definition) is 4. The van der Waals surface area contributed by atoms with E-state index in [1.54, 1.807) is 48.7 Å². The van der Waals surface area contributed by atoms with Crippen molar-refractivity contribution in [3.05, 3.63) is 94.4 Å². The monoisotopic (exact) mass is 487 g/mol. The molecule has 1 fully saturated rings. The Morgan fingerprint density at radius 1 is 1.03 bits per heavy atom.